The molecule has 0 aromatic heterocycles. The van der Waals surface area contributed by atoms with E-state index in [9.17, 15) is 4.79 Å². The molecular formula is C26H36IN5O2. The number of fused-ring (bicyclic) bond motifs is 1. The van der Waals surface area contributed by atoms with Gasteiger partial charge in [0.05, 0.1) is 12.6 Å². The van der Waals surface area contributed by atoms with Crippen LogP contribution in [0, 0.1) is 0 Å². The Morgan fingerprint density at radius 3 is 2.65 bits per heavy atom. The Bertz CT molecular complexity index is 1000. The second-order valence-corrected chi connectivity index (χ2v) is 9.34. The molecule has 0 bridgehead atoms. The first kappa shape index (κ1) is 26.3. The van der Waals surface area contributed by atoms with Gasteiger partial charge in [-0.15, -0.1) is 24.0 Å². The summed E-state index contributed by atoms with van der Waals surface area (Å²) in [6.07, 6.45) is 5.61. The second-order valence-electron chi connectivity index (χ2n) is 9.34. The summed E-state index contributed by atoms with van der Waals surface area (Å²) < 4.78 is 6.49. The highest BCUT2D eigenvalue weighted by Gasteiger charge is 2.43. The van der Waals surface area contributed by atoms with Gasteiger partial charge in [-0.25, -0.2) is 0 Å². The van der Waals surface area contributed by atoms with Crippen LogP contribution in [-0.4, -0.2) is 50.1 Å². The van der Waals surface area contributed by atoms with Crippen molar-refractivity contribution in [2.75, 3.05) is 33.0 Å². The molecule has 7 nitrogen and oxygen atoms in total. The van der Waals surface area contributed by atoms with E-state index in [0.29, 0.717) is 13.1 Å². The van der Waals surface area contributed by atoms with Crippen molar-refractivity contribution in [3.8, 4) is 5.75 Å². The molecule has 4 rings (SSSR count). The summed E-state index contributed by atoms with van der Waals surface area (Å²) in [6, 6.07) is 16.4. The highest BCUT2D eigenvalue weighted by atomic mass is 127. The molecule has 1 atom stereocenters. The van der Waals surface area contributed by atoms with Crippen molar-refractivity contribution < 1.29 is 9.53 Å². The maximum absolute atomic E-state index is 12.1. The van der Waals surface area contributed by atoms with E-state index >= 15 is 0 Å². The average Bonchev–Trinajstić information content (AvgIpc) is 3.23. The number of halogens is 1. The lowest BCUT2D eigenvalue weighted by molar-refractivity contribution is -0.116. The topological polar surface area (TPSA) is 78.0 Å². The molecule has 1 aliphatic heterocycles. The molecule has 1 aliphatic carbocycles. The van der Waals surface area contributed by atoms with Crippen molar-refractivity contribution in [3.63, 3.8) is 0 Å². The number of hydrogen-bond acceptors (Lipinski definition) is 4. The molecule has 1 spiro atoms. The van der Waals surface area contributed by atoms with Crippen LogP contribution in [0.5, 0.6) is 5.75 Å². The maximum atomic E-state index is 12.1. The molecule has 1 amide bonds. The third-order valence-electron chi connectivity index (χ3n) is 6.38. The average molecular weight is 578 g/mol. The number of hydrogen-bond donors (Lipinski definition) is 3. The van der Waals surface area contributed by atoms with Crippen LogP contribution in [0.3, 0.4) is 0 Å². The monoisotopic (exact) mass is 577 g/mol. The molecule has 2 aliphatic rings. The molecule has 2 aromatic carbocycles. The lowest BCUT2D eigenvalue weighted by atomic mass is 9.86. The van der Waals surface area contributed by atoms with Gasteiger partial charge in [-0.1, -0.05) is 30.3 Å². The molecule has 34 heavy (non-hydrogen) atoms. The van der Waals surface area contributed by atoms with Gasteiger partial charge in [0.25, 0.3) is 0 Å². The minimum Gasteiger partial charge on any atom is -0.487 e. The number of carbonyl (C=O) groups is 1. The lowest BCUT2D eigenvalue weighted by Gasteiger charge is -2.40. The van der Waals surface area contributed by atoms with Gasteiger partial charge in [-0.2, -0.15) is 0 Å². The third kappa shape index (κ3) is 6.63. The van der Waals surface area contributed by atoms with Crippen molar-refractivity contribution in [1.82, 2.24) is 15.5 Å². The summed E-state index contributed by atoms with van der Waals surface area (Å²) >= 11 is 0. The van der Waals surface area contributed by atoms with Crippen LogP contribution in [0.4, 0.5) is 5.69 Å². The number of amides is 1. The molecule has 8 heteroatoms. The Kier molecular flexibility index (Phi) is 9.18. The van der Waals surface area contributed by atoms with Crippen LogP contribution >= 0.6 is 24.0 Å². The van der Waals surface area contributed by atoms with E-state index in [1.165, 1.54) is 18.4 Å². The molecule has 2 aromatic rings. The van der Waals surface area contributed by atoms with Crippen LogP contribution in [0.1, 0.15) is 49.3 Å². The van der Waals surface area contributed by atoms with Crippen LogP contribution in [-0.2, 0) is 11.3 Å². The minimum atomic E-state index is -0.0655. The first-order chi connectivity index (χ1) is 16.0. The molecule has 184 valence electrons. The Labute approximate surface area is 219 Å². The van der Waals surface area contributed by atoms with E-state index in [1.54, 1.807) is 7.05 Å². The number of ether oxygens (including phenoxy) is 1. The van der Waals surface area contributed by atoms with Gasteiger partial charge < -0.3 is 25.6 Å². The molecule has 1 heterocycles. The quantitative estimate of drug-likeness (QED) is 0.271. The Balaban J connectivity index is 0.00000324. The minimum absolute atomic E-state index is 0. The fraction of sp³-hybridized carbons (Fsp3) is 0.462. The molecule has 3 N–H and O–H groups in total. The molecular weight excluding hydrogens is 541 g/mol. The van der Waals surface area contributed by atoms with Crippen molar-refractivity contribution >= 4 is 41.5 Å². The van der Waals surface area contributed by atoms with Gasteiger partial charge in [-0.05, 0) is 63.5 Å². The summed E-state index contributed by atoms with van der Waals surface area (Å²) in [4.78, 5) is 18.4. The van der Waals surface area contributed by atoms with Crippen LogP contribution in [0.2, 0.25) is 0 Å². The smallest absolute Gasteiger partial charge is 0.238 e. The summed E-state index contributed by atoms with van der Waals surface area (Å²) in [5, 5.41) is 10.0. The van der Waals surface area contributed by atoms with Gasteiger partial charge >= 0.3 is 0 Å². The largest absolute Gasteiger partial charge is 0.487 e. The number of likely N-dealkylation sites (N-methyl/N-ethyl adjacent to an activating group) is 1. The van der Waals surface area contributed by atoms with E-state index in [0.717, 1.165) is 42.2 Å². The Morgan fingerprint density at radius 1 is 1.15 bits per heavy atom. The van der Waals surface area contributed by atoms with Gasteiger partial charge in [0.1, 0.15) is 11.4 Å². The van der Waals surface area contributed by atoms with Crippen LogP contribution < -0.4 is 20.7 Å². The second kappa shape index (κ2) is 11.9. The number of nitrogens with zero attached hydrogens (tertiary/aromatic N) is 2. The fourth-order valence-corrected chi connectivity index (χ4v) is 4.86. The number of guanidine groups is 1. The number of rotatable bonds is 6. The number of aliphatic imine (C=N–C) groups is 1. The standard InChI is InChI=1S/C26H35N5O2.HI/c1-27-25(28-17-19-9-8-10-20(15-19)29-24(32)18-31(2)3)30-22-16-26(13-6-7-14-26)33-23-12-5-4-11-21(22)23;/h4-5,8-12,15,22H,6-7,13-14,16-18H2,1-3H3,(H,29,32)(H2,27,28,30);1H. The van der Waals surface area contributed by atoms with Crippen molar-refractivity contribution in [2.45, 2.75) is 50.3 Å². The van der Waals surface area contributed by atoms with Crippen molar-refractivity contribution in [1.29, 1.82) is 0 Å². The molecule has 1 fully saturated rings. The van der Waals surface area contributed by atoms with E-state index < -0.39 is 0 Å². The summed E-state index contributed by atoms with van der Waals surface area (Å²) in [7, 11) is 5.55. The van der Waals surface area contributed by atoms with Crippen molar-refractivity contribution in [2.24, 2.45) is 4.99 Å². The number of anilines is 1. The summed E-state index contributed by atoms with van der Waals surface area (Å²) in [5.41, 5.74) is 2.98. The highest BCUT2D eigenvalue weighted by Crippen LogP contribution is 2.46. The number of para-hydroxylation sites is 1. The Morgan fingerprint density at radius 2 is 1.91 bits per heavy atom. The molecule has 1 saturated carbocycles. The first-order valence-electron chi connectivity index (χ1n) is 11.7. The zero-order chi connectivity index (χ0) is 23.3. The van der Waals surface area contributed by atoms with E-state index in [4.69, 9.17) is 4.74 Å². The fourth-order valence-electron chi connectivity index (χ4n) is 4.86. The lowest BCUT2D eigenvalue weighted by Crippen LogP contribution is -2.46. The SMILES string of the molecule is CN=C(NCc1cccc(NC(=O)CN(C)C)c1)NC1CC2(CCCC2)Oc2ccccc21.I. The molecule has 0 saturated heterocycles. The third-order valence-corrected chi connectivity index (χ3v) is 6.38. The highest BCUT2D eigenvalue weighted by molar-refractivity contribution is 14.0. The zero-order valence-electron chi connectivity index (χ0n) is 20.3. The van der Waals surface area contributed by atoms with E-state index in [-0.39, 0.29) is 41.5 Å². The van der Waals surface area contributed by atoms with Gasteiger partial charge in [0.15, 0.2) is 5.96 Å². The summed E-state index contributed by atoms with van der Waals surface area (Å²) in [5.74, 6) is 1.72. The van der Waals surface area contributed by atoms with Gasteiger partial charge in [0.2, 0.25) is 5.91 Å². The summed E-state index contributed by atoms with van der Waals surface area (Å²) in [6.45, 7) is 0.959. The van der Waals surface area contributed by atoms with Gasteiger partial charge in [0, 0.05) is 31.3 Å². The predicted molar refractivity (Wildman–Crippen MR) is 148 cm³/mol. The number of carbonyl (C=O) groups excluding carboxylic acids is 1. The zero-order valence-corrected chi connectivity index (χ0v) is 22.6. The van der Waals surface area contributed by atoms with E-state index in [2.05, 4.69) is 39.1 Å². The maximum Gasteiger partial charge on any atom is 0.238 e. The van der Waals surface area contributed by atoms with Crippen LogP contribution in [0.25, 0.3) is 0 Å². The molecule has 0 radical (unpaired) electrons. The number of benzene rings is 2. The van der Waals surface area contributed by atoms with E-state index in [1.807, 2.05) is 49.3 Å². The number of nitrogens with one attached hydrogen (secondary N) is 3. The predicted octanol–water partition coefficient (Wildman–Crippen LogP) is 4.31. The van der Waals surface area contributed by atoms with Crippen LogP contribution in [0.15, 0.2) is 53.5 Å². The van der Waals surface area contributed by atoms with Gasteiger partial charge in [-0.3, -0.25) is 9.79 Å². The first-order valence-corrected chi connectivity index (χ1v) is 11.7. The Hall–Kier alpha value is -2.33. The normalized spacial score (nSPS) is 18.6. The molecule has 1 unspecified atom stereocenters. The van der Waals surface area contributed by atoms with Crippen molar-refractivity contribution in [3.05, 3.63) is 59.7 Å².